The highest BCUT2D eigenvalue weighted by Crippen LogP contribution is 2.17. The van der Waals surface area contributed by atoms with Gasteiger partial charge in [-0.2, -0.15) is 0 Å². The summed E-state index contributed by atoms with van der Waals surface area (Å²) in [4.78, 5) is 2.46. The smallest absolute Gasteiger partial charge is 0.0292 e. The standard InChI is InChI=1S/C15H25BrN2/c1-4-18(5-2)11-7-10-17-13(3)14-8-6-9-15(16)12-14/h6,8-9,12-13,17H,4-5,7,10-11H2,1-3H3. The summed E-state index contributed by atoms with van der Waals surface area (Å²) in [6.07, 6.45) is 1.21. The van der Waals surface area contributed by atoms with Crippen LogP contribution < -0.4 is 5.32 Å². The van der Waals surface area contributed by atoms with Crippen LogP contribution >= 0.6 is 15.9 Å². The van der Waals surface area contributed by atoms with E-state index in [1.54, 1.807) is 0 Å². The van der Waals surface area contributed by atoms with E-state index in [0.717, 1.165) is 24.1 Å². The maximum absolute atomic E-state index is 3.58. The molecule has 102 valence electrons. The lowest BCUT2D eigenvalue weighted by atomic mass is 10.1. The summed E-state index contributed by atoms with van der Waals surface area (Å²) in [7, 11) is 0. The summed E-state index contributed by atoms with van der Waals surface area (Å²) in [5.41, 5.74) is 1.34. The van der Waals surface area contributed by atoms with Crippen LogP contribution in [0, 0.1) is 0 Å². The molecule has 0 radical (unpaired) electrons. The molecular formula is C15H25BrN2. The van der Waals surface area contributed by atoms with Crippen molar-refractivity contribution in [3.05, 3.63) is 34.3 Å². The van der Waals surface area contributed by atoms with Gasteiger partial charge in [-0.05, 0) is 57.2 Å². The number of nitrogens with one attached hydrogen (secondary N) is 1. The predicted molar refractivity (Wildman–Crippen MR) is 83.0 cm³/mol. The van der Waals surface area contributed by atoms with Crippen molar-refractivity contribution in [2.24, 2.45) is 0 Å². The average Bonchev–Trinajstić information content (AvgIpc) is 2.38. The van der Waals surface area contributed by atoms with Crippen LogP contribution in [0.4, 0.5) is 0 Å². The normalized spacial score (nSPS) is 12.9. The maximum atomic E-state index is 3.58. The van der Waals surface area contributed by atoms with E-state index in [-0.39, 0.29) is 0 Å². The summed E-state index contributed by atoms with van der Waals surface area (Å²) in [5.74, 6) is 0. The molecule has 2 nitrogen and oxygen atoms in total. The van der Waals surface area contributed by atoms with E-state index in [1.165, 1.54) is 18.5 Å². The minimum atomic E-state index is 0.416. The lowest BCUT2D eigenvalue weighted by molar-refractivity contribution is 0.296. The predicted octanol–water partition coefficient (Wildman–Crippen LogP) is 3.83. The van der Waals surface area contributed by atoms with Crippen LogP contribution in [0.1, 0.15) is 38.8 Å². The van der Waals surface area contributed by atoms with Crippen LogP contribution in [0.15, 0.2) is 28.7 Å². The number of nitrogens with zero attached hydrogens (tertiary/aromatic N) is 1. The molecule has 1 unspecified atom stereocenters. The van der Waals surface area contributed by atoms with E-state index in [2.05, 4.69) is 71.2 Å². The van der Waals surface area contributed by atoms with Crippen LogP contribution in [-0.4, -0.2) is 31.1 Å². The zero-order valence-electron chi connectivity index (χ0n) is 11.7. The number of halogens is 1. The number of hydrogen-bond acceptors (Lipinski definition) is 2. The molecular weight excluding hydrogens is 288 g/mol. The molecule has 0 bridgehead atoms. The number of rotatable bonds is 8. The SMILES string of the molecule is CCN(CC)CCCNC(C)c1cccc(Br)c1. The highest BCUT2D eigenvalue weighted by atomic mass is 79.9. The first kappa shape index (κ1) is 15.7. The summed E-state index contributed by atoms with van der Waals surface area (Å²) in [5, 5.41) is 3.58. The molecule has 1 rings (SSSR count). The van der Waals surface area contributed by atoms with Gasteiger partial charge in [0.15, 0.2) is 0 Å². The molecule has 1 atom stereocenters. The molecule has 0 saturated heterocycles. The molecule has 0 heterocycles. The minimum Gasteiger partial charge on any atom is -0.310 e. The Morgan fingerprint density at radius 2 is 2.00 bits per heavy atom. The van der Waals surface area contributed by atoms with Crippen molar-refractivity contribution >= 4 is 15.9 Å². The highest BCUT2D eigenvalue weighted by molar-refractivity contribution is 9.10. The topological polar surface area (TPSA) is 15.3 Å². The Balaban J connectivity index is 2.27. The van der Waals surface area contributed by atoms with E-state index in [4.69, 9.17) is 0 Å². The Morgan fingerprint density at radius 1 is 1.28 bits per heavy atom. The second-order valence-electron chi connectivity index (χ2n) is 4.61. The summed E-state index contributed by atoms with van der Waals surface area (Å²) >= 11 is 3.52. The van der Waals surface area contributed by atoms with Crippen molar-refractivity contribution in [1.82, 2.24) is 10.2 Å². The van der Waals surface area contributed by atoms with Crippen LogP contribution in [0.5, 0.6) is 0 Å². The third-order valence-corrected chi connectivity index (χ3v) is 3.84. The summed E-state index contributed by atoms with van der Waals surface area (Å²) in [6, 6.07) is 8.93. The second kappa shape index (κ2) is 8.68. The average molecular weight is 313 g/mol. The van der Waals surface area contributed by atoms with Crippen LogP contribution in [-0.2, 0) is 0 Å². The van der Waals surface area contributed by atoms with Gasteiger partial charge in [0, 0.05) is 10.5 Å². The van der Waals surface area contributed by atoms with Crippen LogP contribution in [0.2, 0.25) is 0 Å². The van der Waals surface area contributed by atoms with Gasteiger partial charge in [-0.1, -0.05) is 41.9 Å². The Kier molecular flexibility index (Phi) is 7.56. The van der Waals surface area contributed by atoms with Gasteiger partial charge in [0.2, 0.25) is 0 Å². The first-order chi connectivity index (χ1) is 8.67. The zero-order valence-corrected chi connectivity index (χ0v) is 13.3. The van der Waals surface area contributed by atoms with Gasteiger partial charge < -0.3 is 10.2 Å². The van der Waals surface area contributed by atoms with Crippen molar-refractivity contribution < 1.29 is 0 Å². The monoisotopic (exact) mass is 312 g/mol. The molecule has 1 aromatic carbocycles. The summed E-state index contributed by atoms with van der Waals surface area (Å²) in [6.45, 7) is 11.2. The molecule has 0 fully saturated rings. The Bertz CT molecular complexity index is 337. The molecule has 1 N–H and O–H groups in total. The Labute approximate surface area is 120 Å². The molecule has 0 aliphatic carbocycles. The highest BCUT2D eigenvalue weighted by Gasteiger charge is 2.05. The molecule has 0 spiro atoms. The van der Waals surface area contributed by atoms with Crippen molar-refractivity contribution in [2.45, 2.75) is 33.2 Å². The van der Waals surface area contributed by atoms with Gasteiger partial charge in [-0.25, -0.2) is 0 Å². The van der Waals surface area contributed by atoms with Crippen LogP contribution in [0.3, 0.4) is 0 Å². The molecule has 3 heteroatoms. The summed E-state index contributed by atoms with van der Waals surface area (Å²) < 4.78 is 1.15. The fourth-order valence-electron chi connectivity index (χ4n) is 2.05. The van der Waals surface area contributed by atoms with Crippen molar-refractivity contribution in [3.63, 3.8) is 0 Å². The molecule has 0 aliphatic rings. The first-order valence-electron chi connectivity index (χ1n) is 6.88. The first-order valence-corrected chi connectivity index (χ1v) is 7.67. The van der Waals surface area contributed by atoms with Gasteiger partial charge in [0.25, 0.3) is 0 Å². The van der Waals surface area contributed by atoms with E-state index in [9.17, 15) is 0 Å². The Hall–Kier alpha value is -0.380. The molecule has 0 saturated carbocycles. The van der Waals surface area contributed by atoms with E-state index in [0.29, 0.717) is 6.04 Å². The number of benzene rings is 1. The fourth-order valence-corrected chi connectivity index (χ4v) is 2.47. The van der Waals surface area contributed by atoms with E-state index < -0.39 is 0 Å². The lowest BCUT2D eigenvalue weighted by Gasteiger charge is -2.19. The van der Waals surface area contributed by atoms with Gasteiger partial charge in [-0.15, -0.1) is 0 Å². The van der Waals surface area contributed by atoms with Gasteiger partial charge in [0.1, 0.15) is 0 Å². The van der Waals surface area contributed by atoms with E-state index >= 15 is 0 Å². The third-order valence-electron chi connectivity index (χ3n) is 3.34. The molecule has 0 aromatic heterocycles. The molecule has 0 aliphatic heterocycles. The molecule has 0 amide bonds. The van der Waals surface area contributed by atoms with Crippen molar-refractivity contribution in [3.8, 4) is 0 Å². The molecule has 18 heavy (non-hydrogen) atoms. The van der Waals surface area contributed by atoms with Crippen molar-refractivity contribution in [1.29, 1.82) is 0 Å². The maximum Gasteiger partial charge on any atom is 0.0292 e. The van der Waals surface area contributed by atoms with Gasteiger partial charge in [0.05, 0.1) is 0 Å². The lowest BCUT2D eigenvalue weighted by Crippen LogP contribution is -2.28. The zero-order chi connectivity index (χ0) is 13.4. The van der Waals surface area contributed by atoms with Crippen molar-refractivity contribution in [2.75, 3.05) is 26.2 Å². The molecule has 1 aromatic rings. The Morgan fingerprint density at radius 3 is 2.61 bits per heavy atom. The number of hydrogen-bond donors (Lipinski definition) is 1. The fraction of sp³-hybridized carbons (Fsp3) is 0.600. The minimum absolute atomic E-state index is 0.416. The third kappa shape index (κ3) is 5.51. The van der Waals surface area contributed by atoms with Gasteiger partial charge >= 0.3 is 0 Å². The quantitative estimate of drug-likeness (QED) is 0.734. The largest absolute Gasteiger partial charge is 0.310 e. The second-order valence-corrected chi connectivity index (χ2v) is 5.53. The van der Waals surface area contributed by atoms with Crippen LogP contribution in [0.25, 0.3) is 0 Å². The van der Waals surface area contributed by atoms with E-state index in [1.807, 2.05) is 0 Å². The van der Waals surface area contributed by atoms with Gasteiger partial charge in [-0.3, -0.25) is 0 Å².